The highest BCUT2D eigenvalue weighted by Crippen LogP contribution is 2.28. The van der Waals surface area contributed by atoms with Gasteiger partial charge in [-0.25, -0.2) is 4.39 Å². The van der Waals surface area contributed by atoms with Crippen molar-refractivity contribution in [2.24, 2.45) is 0 Å². The molecular formula is C18H17FN4OS2. The van der Waals surface area contributed by atoms with Gasteiger partial charge in [0, 0.05) is 11.4 Å². The normalized spacial score (nSPS) is 10.6. The van der Waals surface area contributed by atoms with E-state index in [2.05, 4.69) is 20.8 Å². The molecule has 0 atom stereocenters. The van der Waals surface area contributed by atoms with Crippen LogP contribution in [0.1, 0.15) is 11.1 Å². The molecule has 0 saturated heterocycles. The van der Waals surface area contributed by atoms with Gasteiger partial charge in [-0.2, -0.15) is 0 Å². The van der Waals surface area contributed by atoms with Gasteiger partial charge >= 0.3 is 0 Å². The van der Waals surface area contributed by atoms with Crippen molar-refractivity contribution in [1.29, 1.82) is 0 Å². The molecule has 1 amide bonds. The number of anilines is 3. The van der Waals surface area contributed by atoms with Crippen molar-refractivity contribution < 1.29 is 9.18 Å². The summed E-state index contributed by atoms with van der Waals surface area (Å²) in [7, 11) is 0. The Morgan fingerprint density at radius 3 is 2.62 bits per heavy atom. The number of para-hydroxylation sites is 1. The maximum atomic E-state index is 13.2. The van der Waals surface area contributed by atoms with Crippen LogP contribution in [0.25, 0.3) is 0 Å². The Morgan fingerprint density at radius 1 is 1.15 bits per heavy atom. The molecule has 1 heterocycles. The third kappa shape index (κ3) is 4.80. The number of aryl methyl sites for hydroxylation is 2. The van der Waals surface area contributed by atoms with Crippen LogP contribution in [0.4, 0.5) is 20.9 Å². The number of nitrogens with zero attached hydrogens (tertiary/aromatic N) is 2. The predicted molar refractivity (Wildman–Crippen MR) is 105 cm³/mol. The molecule has 3 rings (SSSR count). The number of amides is 1. The quantitative estimate of drug-likeness (QED) is 0.596. The molecule has 5 nitrogen and oxygen atoms in total. The Bertz CT molecular complexity index is 909. The van der Waals surface area contributed by atoms with Crippen LogP contribution in [0.2, 0.25) is 0 Å². The summed E-state index contributed by atoms with van der Waals surface area (Å²) in [5.74, 6) is -0.179. The number of aromatic nitrogens is 2. The summed E-state index contributed by atoms with van der Waals surface area (Å²) in [5.41, 5.74) is 3.51. The summed E-state index contributed by atoms with van der Waals surface area (Å²) in [6, 6.07) is 12.0. The van der Waals surface area contributed by atoms with Gasteiger partial charge in [-0.05, 0) is 43.2 Å². The minimum atomic E-state index is -0.322. The Kier molecular flexibility index (Phi) is 5.85. The van der Waals surface area contributed by atoms with E-state index in [4.69, 9.17) is 0 Å². The zero-order valence-electron chi connectivity index (χ0n) is 14.2. The Balaban J connectivity index is 1.55. The first-order chi connectivity index (χ1) is 12.5. The lowest BCUT2D eigenvalue weighted by Crippen LogP contribution is -2.15. The highest BCUT2D eigenvalue weighted by atomic mass is 32.2. The highest BCUT2D eigenvalue weighted by Gasteiger charge is 2.11. The number of halogens is 1. The fourth-order valence-electron chi connectivity index (χ4n) is 2.32. The van der Waals surface area contributed by atoms with Gasteiger partial charge in [-0.1, -0.05) is 47.4 Å². The topological polar surface area (TPSA) is 66.9 Å². The van der Waals surface area contributed by atoms with Gasteiger partial charge in [0.25, 0.3) is 0 Å². The second-order valence-electron chi connectivity index (χ2n) is 5.61. The average molecular weight is 388 g/mol. The van der Waals surface area contributed by atoms with Crippen LogP contribution >= 0.6 is 23.1 Å². The molecular weight excluding hydrogens is 371 g/mol. The van der Waals surface area contributed by atoms with Crippen LogP contribution in [-0.2, 0) is 4.79 Å². The van der Waals surface area contributed by atoms with Crippen LogP contribution in [-0.4, -0.2) is 21.9 Å². The number of benzene rings is 2. The first kappa shape index (κ1) is 18.3. The van der Waals surface area contributed by atoms with E-state index in [-0.39, 0.29) is 17.5 Å². The molecule has 0 aliphatic rings. The standard InChI is InChI=1S/C18H17FN4OS2/c1-11-5-3-6-12(2)16(11)21-15(24)10-25-18-23-22-17(26-18)20-14-8-4-7-13(19)9-14/h3-9H,10H2,1-2H3,(H,20,22)(H,21,24). The summed E-state index contributed by atoms with van der Waals surface area (Å²) < 4.78 is 13.9. The summed E-state index contributed by atoms with van der Waals surface area (Å²) in [6.45, 7) is 3.93. The van der Waals surface area contributed by atoms with Crippen molar-refractivity contribution in [2.75, 3.05) is 16.4 Å². The minimum Gasteiger partial charge on any atom is -0.330 e. The van der Waals surface area contributed by atoms with Crippen LogP contribution in [0.15, 0.2) is 46.8 Å². The molecule has 3 aromatic rings. The number of carbonyl (C=O) groups is 1. The SMILES string of the molecule is Cc1cccc(C)c1NC(=O)CSc1nnc(Nc2cccc(F)c2)s1. The first-order valence-corrected chi connectivity index (χ1v) is 9.66. The van der Waals surface area contributed by atoms with E-state index < -0.39 is 0 Å². The lowest BCUT2D eigenvalue weighted by molar-refractivity contribution is -0.113. The van der Waals surface area contributed by atoms with E-state index in [1.807, 2.05) is 32.0 Å². The molecule has 134 valence electrons. The molecule has 0 aliphatic heterocycles. The van der Waals surface area contributed by atoms with Gasteiger partial charge < -0.3 is 10.6 Å². The zero-order chi connectivity index (χ0) is 18.5. The molecule has 0 radical (unpaired) electrons. The number of thioether (sulfide) groups is 1. The molecule has 1 aromatic heterocycles. The van der Waals surface area contributed by atoms with Gasteiger partial charge in [-0.3, -0.25) is 4.79 Å². The predicted octanol–water partition coefficient (Wildman–Crippen LogP) is 4.77. The van der Waals surface area contributed by atoms with E-state index in [0.717, 1.165) is 16.8 Å². The van der Waals surface area contributed by atoms with Gasteiger partial charge in [-0.15, -0.1) is 10.2 Å². The van der Waals surface area contributed by atoms with E-state index in [1.54, 1.807) is 12.1 Å². The monoisotopic (exact) mass is 388 g/mol. The van der Waals surface area contributed by atoms with E-state index in [1.165, 1.54) is 35.2 Å². The number of hydrogen-bond donors (Lipinski definition) is 2. The lowest BCUT2D eigenvalue weighted by Gasteiger charge is -2.10. The molecule has 8 heteroatoms. The van der Waals surface area contributed by atoms with Crippen molar-refractivity contribution in [3.05, 3.63) is 59.4 Å². The number of rotatable bonds is 6. The number of carbonyl (C=O) groups excluding carboxylic acids is 1. The Labute approximate surface area is 159 Å². The van der Waals surface area contributed by atoms with Crippen molar-refractivity contribution in [2.45, 2.75) is 18.2 Å². The summed E-state index contributed by atoms with van der Waals surface area (Å²) in [5, 5.41) is 14.5. The molecule has 0 spiro atoms. The average Bonchev–Trinajstić information content (AvgIpc) is 3.04. The molecule has 0 bridgehead atoms. The van der Waals surface area contributed by atoms with E-state index in [0.29, 0.717) is 15.2 Å². The maximum absolute atomic E-state index is 13.2. The molecule has 0 saturated carbocycles. The van der Waals surface area contributed by atoms with Crippen LogP contribution in [0, 0.1) is 19.7 Å². The molecule has 2 aromatic carbocycles. The second-order valence-corrected chi connectivity index (χ2v) is 7.81. The van der Waals surface area contributed by atoms with Gasteiger partial charge in [0.15, 0.2) is 4.34 Å². The zero-order valence-corrected chi connectivity index (χ0v) is 15.9. The van der Waals surface area contributed by atoms with Crippen LogP contribution in [0.3, 0.4) is 0 Å². The number of hydrogen-bond acceptors (Lipinski definition) is 6. The smallest absolute Gasteiger partial charge is 0.234 e. The fourth-order valence-corrected chi connectivity index (χ4v) is 3.89. The number of nitrogens with one attached hydrogen (secondary N) is 2. The molecule has 0 fully saturated rings. The van der Waals surface area contributed by atoms with E-state index >= 15 is 0 Å². The Hall–Kier alpha value is -2.45. The molecule has 2 N–H and O–H groups in total. The maximum Gasteiger partial charge on any atom is 0.234 e. The lowest BCUT2D eigenvalue weighted by atomic mass is 10.1. The highest BCUT2D eigenvalue weighted by molar-refractivity contribution is 8.01. The summed E-state index contributed by atoms with van der Waals surface area (Å²) in [4.78, 5) is 12.2. The van der Waals surface area contributed by atoms with Crippen molar-refractivity contribution in [1.82, 2.24) is 10.2 Å². The molecule has 0 aliphatic carbocycles. The Morgan fingerprint density at radius 2 is 1.88 bits per heavy atom. The van der Waals surface area contributed by atoms with Gasteiger partial charge in [0.1, 0.15) is 5.82 Å². The van der Waals surface area contributed by atoms with Gasteiger partial charge in [0.2, 0.25) is 11.0 Å². The van der Waals surface area contributed by atoms with Crippen molar-refractivity contribution >= 4 is 45.5 Å². The second kappa shape index (κ2) is 8.29. The van der Waals surface area contributed by atoms with Crippen molar-refractivity contribution in [3.8, 4) is 0 Å². The molecule has 26 heavy (non-hydrogen) atoms. The summed E-state index contributed by atoms with van der Waals surface area (Å²) in [6.07, 6.45) is 0. The minimum absolute atomic E-state index is 0.0951. The summed E-state index contributed by atoms with van der Waals surface area (Å²) >= 11 is 2.63. The molecule has 0 unspecified atom stereocenters. The third-order valence-corrected chi connectivity index (χ3v) is 5.53. The van der Waals surface area contributed by atoms with E-state index in [9.17, 15) is 9.18 Å². The van der Waals surface area contributed by atoms with Crippen molar-refractivity contribution in [3.63, 3.8) is 0 Å². The largest absolute Gasteiger partial charge is 0.330 e. The van der Waals surface area contributed by atoms with Gasteiger partial charge in [0.05, 0.1) is 5.75 Å². The third-order valence-electron chi connectivity index (χ3n) is 3.55. The first-order valence-electron chi connectivity index (χ1n) is 7.86. The fraction of sp³-hybridized carbons (Fsp3) is 0.167. The van der Waals surface area contributed by atoms with Crippen LogP contribution < -0.4 is 10.6 Å². The van der Waals surface area contributed by atoms with Crippen LogP contribution in [0.5, 0.6) is 0 Å².